The van der Waals surface area contributed by atoms with E-state index in [1.807, 2.05) is 36.4 Å². The standard InChI is InChI=1S/C18H15BrOS/c19-18-11-10-16(21-18)12-17(20)15-8-6-14(7-9-15)13-4-2-1-3-5-13/h1-11,17,20H,12H2. The van der Waals surface area contributed by atoms with Crippen LogP contribution in [-0.2, 0) is 6.42 Å². The van der Waals surface area contributed by atoms with Crippen molar-refractivity contribution in [2.45, 2.75) is 12.5 Å². The maximum atomic E-state index is 10.3. The highest BCUT2D eigenvalue weighted by molar-refractivity contribution is 9.11. The highest BCUT2D eigenvalue weighted by atomic mass is 79.9. The molecule has 0 amide bonds. The number of rotatable bonds is 4. The summed E-state index contributed by atoms with van der Waals surface area (Å²) < 4.78 is 1.10. The van der Waals surface area contributed by atoms with E-state index in [-0.39, 0.29) is 0 Å². The van der Waals surface area contributed by atoms with Crippen molar-refractivity contribution < 1.29 is 5.11 Å². The molecule has 3 rings (SSSR count). The molecule has 0 saturated heterocycles. The zero-order valence-corrected chi connectivity index (χ0v) is 13.8. The van der Waals surface area contributed by atoms with E-state index in [0.717, 1.165) is 9.35 Å². The number of halogens is 1. The van der Waals surface area contributed by atoms with Crippen LogP contribution in [-0.4, -0.2) is 5.11 Å². The molecule has 0 bridgehead atoms. The van der Waals surface area contributed by atoms with Crippen molar-refractivity contribution in [2.24, 2.45) is 0 Å². The lowest BCUT2D eigenvalue weighted by atomic mass is 10.0. The van der Waals surface area contributed by atoms with Gasteiger partial charge in [-0.3, -0.25) is 0 Å². The average Bonchev–Trinajstić information content (AvgIpc) is 2.93. The summed E-state index contributed by atoms with van der Waals surface area (Å²) in [5.74, 6) is 0. The molecule has 0 fully saturated rings. The van der Waals surface area contributed by atoms with Crippen molar-refractivity contribution in [3.63, 3.8) is 0 Å². The Hall–Kier alpha value is -1.42. The fraction of sp³-hybridized carbons (Fsp3) is 0.111. The van der Waals surface area contributed by atoms with Crippen LogP contribution in [0.1, 0.15) is 16.5 Å². The highest BCUT2D eigenvalue weighted by Crippen LogP contribution is 2.28. The molecule has 0 aliphatic carbocycles. The van der Waals surface area contributed by atoms with Crippen molar-refractivity contribution in [1.29, 1.82) is 0 Å². The second-order valence-electron chi connectivity index (χ2n) is 4.91. The Morgan fingerprint density at radius 1 is 0.857 bits per heavy atom. The highest BCUT2D eigenvalue weighted by Gasteiger charge is 2.10. The van der Waals surface area contributed by atoms with Crippen LogP contribution < -0.4 is 0 Å². The summed E-state index contributed by atoms with van der Waals surface area (Å²) in [4.78, 5) is 1.18. The van der Waals surface area contributed by atoms with Gasteiger partial charge in [0.1, 0.15) is 0 Å². The summed E-state index contributed by atoms with van der Waals surface area (Å²) in [5.41, 5.74) is 3.32. The Balaban J connectivity index is 1.74. The van der Waals surface area contributed by atoms with E-state index >= 15 is 0 Å². The van der Waals surface area contributed by atoms with Crippen molar-refractivity contribution in [3.8, 4) is 11.1 Å². The molecule has 0 radical (unpaired) electrons. The summed E-state index contributed by atoms with van der Waals surface area (Å²) in [5, 5.41) is 10.3. The fourth-order valence-corrected chi connectivity index (χ4v) is 3.82. The van der Waals surface area contributed by atoms with Crippen LogP contribution in [0.25, 0.3) is 11.1 Å². The number of aliphatic hydroxyl groups excluding tert-OH is 1. The number of hydrogen-bond acceptors (Lipinski definition) is 2. The average molecular weight is 359 g/mol. The first-order valence-electron chi connectivity index (χ1n) is 6.80. The summed E-state index contributed by atoms with van der Waals surface area (Å²) in [6.07, 6.45) is 0.196. The van der Waals surface area contributed by atoms with Crippen LogP contribution in [0.3, 0.4) is 0 Å². The predicted molar refractivity (Wildman–Crippen MR) is 92.6 cm³/mol. The summed E-state index contributed by atoms with van der Waals surface area (Å²) in [7, 11) is 0. The van der Waals surface area contributed by atoms with Gasteiger partial charge in [0.2, 0.25) is 0 Å². The van der Waals surface area contributed by atoms with Crippen LogP contribution >= 0.6 is 27.3 Å². The van der Waals surface area contributed by atoms with Crippen molar-refractivity contribution in [1.82, 2.24) is 0 Å². The molecule has 0 saturated carbocycles. The van der Waals surface area contributed by atoms with Gasteiger partial charge in [0.25, 0.3) is 0 Å². The van der Waals surface area contributed by atoms with Crippen LogP contribution in [0.2, 0.25) is 0 Å². The fourth-order valence-electron chi connectivity index (χ4n) is 2.30. The SMILES string of the molecule is OC(Cc1ccc(Br)s1)c1ccc(-c2ccccc2)cc1. The molecule has 1 nitrogen and oxygen atoms in total. The molecule has 3 heteroatoms. The van der Waals surface area contributed by atoms with Crippen molar-refractivity contribution in [3.05, 3.63) is 81.0 Å². The topological polar surface area (TPSA) is 20.2 Å². The van der Waals surface area contributed by atoms with Gasteiger partial charge >= 0.3 is 0 Å². The number of thiophene rings is 1. The van der Waals surface area contributed by atoms with Crippen LogP contribution in [0.15, 0.2) is 70.5 Å². The molecule has 21 heavy (non-hydrogen) atoms. The quantitative estimate of drug-likeness (QED) is 0.656. The van der Waals surface area contributed by atoms with E-state index in [9.17, 15) is 5.11 Å². The van der Waals surface area contributed by atoms with E-state index in [4.69, 9.17) is 0 Å². The second kappa shape index (κ2) is 6.56. The summed E-state index contributed by atoms with van der Waals surface area (Å²) in [6.45, 7) is 0. The van der Waals surface area contributed by atoms with Crippen LogP contribution in [0, 0.1) is 0 Å². The van der Waals surface area contributed by atoms with E-state index in [1.165, 1.54) is 16.0 Å². The first-order valence-corrected chi connectivity index (χ1v) is 8.41. The van der Waals surface area contributed by atoms with Crippen LogP contribution in [0.5, 0.6) is 0 Å². The number of aliphatic hydroxyl groups is 1. The second-order valence-corrected chi connectivity index (χ2v) is 7.46. The Kier molecular flexibility index (Phi) is 4.54. The first-order chi connectivity index (χ1) is 10.2. The summed E-state index contributed by atoms with van der Waals surface area (Å²) >= 11 is 5.12. The Bertz CT molecular complexity index is 704. The van der Waals surface area contributed by atoms with Crippen molar-refractivity contribution in [2.75, 3.05) is 0 Å². The van der Waals surface area contributed by atoms with E-state index in [0.29, 0.717) is 6.42 Å². The molecule has 106 valence electrons. The minimum atomic E-state index is -0.458. The third kappa shape index (κ3) is 3.62. The van der Waals surface area contributed by atoms with Gasteiger partial charge in [-0.2, -0.15) is 0 Å². The predicted octanol–water partition coefficient (Wildman–Crippen LogP) is 5.45. The molecule has 0 spiro atoms. The lowest BCUT2D eigenvalue weighted by Crippen LogP contribution is -2.00. The Morgan fingerprint density at radius 2 is 1.52 bits per heavy atom. The van der Waals surface area contributed by atoms with E-state index in [1.54, 1.807) is 11.3 Å². The maximum absolute atomic E-state index is 10.3. The van der Waals surface area contributed by atoms with Gasteiger partial charge in [0.15, 0.2) is 0 Å². The largest absolute Gasteiger partial charge is 0.388 e. The third-order valence-electron chi connectivity index (χ3n) is 3.43. The van der Waals surface area contributed by atoms with Gasteiger partial charge in [-0.15, -0.1) is 11.3 Å². The van der Waals surface area contributed by atoms with Gasteiger partial charge < -0.3 is 5.11 Å². The molecular formula is C18H15BrOS. The minimum Gasteiger partial charge on any atom is -0.388 e. The monoisotopic (exact) mass is 358 g/mol. The molecular weight excluding hydrogens is 344 g/mol. The molecule has 1 atom stereocenters. The zero-order chi connectivity index (χ0) is 14.7. The molecule has 1 N–H and O–H groups in total. The van der Waals surface area contributed by atoms with Gasteiger partial charge in [-0.1, -0.05) is 54.6 Å². The maximum Gasteiger partial charge on any atom is 0.0838 e. The van der Waals surface area contributed by atoms with Gasteiger partial charge in [-0.05, 0) is 44.8 Å². The Labute approximate surface area is 137 Å². The van der Waals surface area contributed by atoms with Crippen LogP contribution in [0.4, 0.5) is 0 Å². The van der Waals surface area contributed by atoms with E-state index in [2.05, 4.69) is 46.3 Å². The molecule has 1 unspecified atom stereocenters. The van der Waals surface area contributed by atoms with Crippen molar-refractivity contribution >= 4 is 27.3 Å². The van der Waals surface area contributed by atoms with Gasteiger partial charge in [0, 0.05) is 11.3 Å². The molecule has 3 aromatic rings. The molecule has 1 heterocycles. The van der Waals surface area contributed by atoms with Gasteiger partial charge in [-0.25, -0.2) is 0 Å². The molecule has 0 aliphatic heterocycles. The molecule has 2 aromatic carbocycles. The lowest BCUT2D eigenvalue weighted by molar-refractivity contribution is 0.179. The summed E-state index contributed by atoms with van der Waals surface area (Å²) in [6, 6.07) is 22.5. The third-order valence-corrected chi connectivity index (χ3v) is 5.07. The normalized spacial score (nSPS) is 12.3. The minimum absolute atomic E-state index is 0.458. The molecule has 0 aliphatic rings. The Morgan fingerprint density at radius 3 is 2.14 bits per heavy atom. The number of hydrogen-bond donors (Lipinski definition) is 1. The smallest absolute Gasteiger partial charge is 0.0838 e. The zero-order valence-electron chi connectivity index (χ0n) is 11.4. The number of benzene rings is 2. The lowest BCUT2D eigenvalue weighted by Gasteiger charge is -2.11. The molecule has 1 aromatic heterocycles. The van der Waals surface area contributed by atoms with E-state index < -0.39 is 6.10 Å². The first kappa shape index (κ1) is 14.5. The van der Waals surface area contributed by atoms with Gasteiger partial charge in [0.05, 0.1) is 9.89 Å².